The Kier molecular flexibility index (Phi) is 6.24. The number of nitrogens with zero attached hydrogens (tertiary/aromatic N) is 4. The molecule has 1 saturated heterocycles. The van der Waals surface area contributed by atoms with E-state index < -0.39 is 23.8 Å². The zero-order chi connectivity index (χ0) is 25.3. The first-order chi connectivity index (χ1) is 17.3. The summed E-state index contributed by atoms with van der Waals surface area (Å²) in [6.07, 6.45) is -0.138. The predicted molar refractivity (Wildman–Crippen MR) is 129 cm³/mol. The highest BCUT2D eigenvalue weighted by Crippen LogP contribution is 2.39. The van der Waals surface area contributed by atoms with Crippen molar-refractivity contribution in [2.45, 2.75) is 12.2 Å². The van der Waals surface area contributed by atoms with E-state index in [-0.39, 0.29) is 6.54 Å². The second kappa shape index (κ2) is 9.50. The molecule has 0 N–H and O–H groups in total. The van der Waals surface area contributed by atoms with Gasteiger partial charge in [-0.3, -0.25) is 14.8 Å². The summed E-state index contributed by atoms with van der Waals surface area (Å²) in [4.78, 5) is 24.6. The number of carbonyl (C=O) groups excluding carboxylic acids is 1. The molecule has 5 rings (SSSR count). The van der Waals surface area contributed by atoms with E-state index in [0.29, 0.717) is 33.6 Å². The van der Waals surface area contributed by atoms with Gasteiger partial charge in [-0.2, -0.15) is 13.2 Å². The lowest BCUT2D eigenvalue weighted by Crippen LogP contribution is -2.32. The zero-order valence-electron chi connectivity index (χ0n) is 18.6. The largest absolute Gasteiger partial charge is 0.457 e. The number of alkyl halides is 3. The second-order valence-corrected chi connectivity index (χ2v) is 8.45. The van der Waals surface area contributed by atoms with Crippen molar-refractivity contribution in [3.8, 4) is 11.5 Å². The third-order valence-corrected chi connectivity index (χ3v) is 5.95. The van der Waals surface area contributed by atoms with Crippen molar-refractivity contribution >= 4 is 29.1 Å². The lowest BCUT2D eigenvalue weighted by Gasteiger charge is -2.24. The summed E-state index contributed by atoms with van der Waals surface area (Å²) in [6, 6.07) is 17.5. The summed E-state index contributed by atoms with van der Waals surface area (Å²) >= 11 is 5.91. The molecule has 0 bridgehead atoms. The monoisotopic (exact) mass is 510 g/mol. The SMILES string of the molecule is O=C1N(c2cnccn2)C[C@H](c2cccc(C(F)(F)F)c2)N1c1ccc(Oc2ccc(Cl)cc2)cc1. The minimum absolute atomic E-state index is 0.0991. The van der Waals surface area contributed by atoms with Crippen LogP contribution in [0.25, 0.3) is 0 Å². The fraction of sp³-hybridized carbons (Fsp3) is 0.115. The smallest absolute Gasteiger partial charge is 0.416 e. The number of hydrogen-bond donors (Lipinski definition) is 0. The van der Waals surface area contributed by atoms with Gasteiger partial charge in [-0.25, -0.2) is 9.78 Å². The molecule has 0 saturated carbocycles. The molecule has 1 aromatic heterocycles. The van der Waals surface area contributed by atoms with Crippen LogP contribution < -0.4 is 14.5 Å². The summed E-state index contributed by atoms with van der Waals surface area (Å²) in [6.45, 7) is 0.0991. The molecule has 0 spiro atoms. The Bertz CT molecular complexity index is 1370. The Morgan fingerprint density at radius 1 is 0.944 bits per heavy atom. The quantitative estimate of drug-likeness (QED) is 0.286. The Morgan fingerprint density at radius 3 is 2.28 bits per heavy atom. The van der Waals surface area contributed by atoms with Crippen molar-refractivity contribution in [3.05, 3.63) is 108 Å². The highest BCUT2D eigenvalue weighted by atomic mass is 35.5. The summed E-state index contributed by atoms with van der Waals surface area (Å²) in [7, 11) is 0. The number of ether oxygens (including phenoxy) is 1. The van der Waals surface area contributed by atoms with Gasteiger partial charge in [-0.1, -0.05) is 23.7 Å². The van der Waals surface area contributed by atoms with E-state index in [1.54, 1.807) is 54.6 Å². The number of anilines is 2. The number of amides is 2. The first-order valence-corrected chi connectivity index (χ1v) is 11.2. The Balaban J connectivity index is 1.49. The number of urea groups is 1. The van der Waals surface area contributed by atoms with E-state index in [1.807, 2.05) is 0 Å². The van der Waals surface area contributed by atoms with E-state index in [4.69, 9.17) is 16.3 Å². The maximum atomic E-state index is 13.5. The molecule has 4 aromatic rings. The van der Waals surface area contributed by atoms with Gasteiger partial charge in [0.15, 0.2) is 5.82 Å². The van der Waals surface area contributed by atoms with Gasteiger partial charge in [-0.15, -0.1) is 0 Å². The number of halogens is 4. The van der Waals surface area contributed by atoms with Crippen molar-refractivity contribution in [2.24, 2.45) is 0 Å². The number of rotatable bonds is 5. The topological polar surface area (TPSA) is 58.6 Å². The van der Waals surface area contributed by atoms with Crippen LogP contribution in [0, 0.1) is 0 Å². The van der Waals surface area contributed by atoms with Crippen LogP contribution in [0.4, 0.5) is 29.5 Å². The molecule has 36 heavy (non-hydrogen) atoms. The van der Waals surface area contributed by atoms with Crippen LogP contribution in [-0.2, 0) is 6.18 Å². The molecule has 2 heterocycles. The molecule has 10 heteroatoms. The first-order valence-electron chi connectivity index (χ1n) is 10.9. The van der Waals surface area contributed by atoms with E-state index in [2.05, 4.69) is 9.97 Å². The van der Waals surface area contributed by atoms with Crippen molar-refractivity contribution in [3.63, 3.8) is 0 Å². The number of hydrogen-bond acceptors (Lipinski definition) is 4. The molecule has 3 aromatic carbocycles. The summed E-state index contributed by atoms with van der Waals surface area (Å²) < 4.78 is 46.0. The van der Waals surface area contributed by atoms with Gasteiger partial charge in [0.25, 0.3) is 0 Å². The van der Waals surface area contributed by atoms with Gasteiger partial charge in [0.1, 0.15) is 11.5 Å². The lowest BCUT2D eigenvalue weighted by molar-refractivity contribution is -0.137. The van der Waals surface area contributed by atoms with E-state index in [1.165, 1.54) is 34.5 Å². The maximum Gasteiger partial charge on any atom is 0.416 e. The summed E-state index contributed by atoms with van der Waals surface area (Å²) in [5.74, 6) is 1.42. The van der Waals surface area contributed by atoms with Crippen LogP contribution in [0.1, 0.15) is 17.2 Å². The van der Waals surface area contributed by atoms with E-state index in [9.17, 15) is 18.0 Å². The van der Waals surface area contributed by atoms with Crippen LogP contribution in [0.2, 0.25) is 5.02 Å². The molecule has 0 unspecified atom stereocenters. The Morgan fingerprint density at radius 2 is 1.64 bits per heavy atom. The van der Waals surface area contributed by atoms with Gasteiger partial charge in [0.2, 0.25) is 0 Å². The molecule has 2 amide bonds. The first kappa shape index (κ1) is 23.6. The minimum atomic E-state index is -4.51. The molecule has 1 fully saturated rings. The molecule has 182 valence electrons. The Labute approximate surface area is 209 Å². The summed E-state index contributed by atoms with van der Waals surface area (Å²) in [5, 5.41) is 0.582. The van der Waals surface area contributed by atoms with Crippen molar-refractivity contribution in [1.29, 1.82) is 0 Å². The molecule has 0 radical (unpaired) electrons. The third-order valence-electron chi connectivity index (χ3n) is 5.69. The fourth-order valence-corrected chi connectivity index (χ4v) is 4.12. The number of carbonyl (C=O) groups is 1. The second-order valence-electron chi connectivity index (χ2n) is 8.02. The molecule has 6 nitrogen and oxygen atoms in total. The number of aromatic nitrogens is 2. The van der Waals surface area contributed by atoms with Gasteiger partial charge < -0.3 is 4.74 Å². The van der Waals surface area contributed by atoms with Gasteiger partial charge in [0.05, 0.1) is 24.3 Å². The average Bonchev–Trinajstić information content (AvgIpc) is 3.23. The van der Waals surface area contributed by atoms with E-state index in [0.717, 1.165) is 12.1 Å². The fourth-order valence-electron chi connectivity index (χ4n) is 4.00. The highest BCUT2D eigenvalue weighted by molar-refractivity contribution is 6.30. The van der Waals surface area contributed by atoms with Crippen LogP contribution in [0.15, 0.2) is 91.4 Å². The molecule has 0 aliphatic carbocycles. The van der Waals surface area contributed by atoms with Crippen LogP contribution >= 0.6 is 11.6 Å². The van der Waals surface area contributed by atoms with Crippen LogP contribution in [0.5, 0.6) is 11.5 Å². The normalized spacial score (nSPS) is 15.9. The Hall–Kier alpha value is -4.11. The van der Waals surface area contributed by atoms with Crippen LogP contribution in [-0.4, -0.2) is 22.5 Å². The van der Waals surface area contributed by atoms with Gasteiger partial charge >= 0.3 is 12.2 Å². The standard InChI is InChI=1S/C26H18ClF3N4O2/c27-19-4-8-21(9-5-19)36-22-10-6-20(7-11-22)34-23(17-2-1-3-18(14-17)26(28,29)30)16-33(25(34)35)24-15-31-12-13-32-24/h1-15,23H,16H2/t23-/m1/s1. The van der Waals surface area contributed by atoms with Crippen LogP contribution in [0.3, 0.4) is 0 Å². The molecule has 1 aliphatic heterocycles. The van der Waals surface area contributed by atoms with Gasteiger partial charge in [-0.05, 0) is 66.2 Å². The van der Waals surface area contributed by atoms with Crippen molar-refractivity contribution < 1.29 is 22.7 Å². The van der Waals surface area contributed by atoms with E-state index >= 15 is 0 Å². The predicted octanol–water partition coefficient (Wildman–Crippen LogP) is 7.13. The average molecular weight is 511 g/mol. The van der Waals surface area contributed by atoms with Crippen molar-refractivity contribution in [1.82, 2.24) is 9.97 Å². The highest BCUT2D eigenvalue weighted by Gasteiger charge is 2.41. The molecular formula is C26H18ClF3N4O2. The third kappa shape index (κ3) is 4.83. The molecular weight excluding hydrogens is 493 g/mol. The number of benzene rings is 3. The zero-order valence-corrected chi connectivity index (χ0v) is 19.3. The molecule has 1 aliphatic rings. The lowest BCUT2D eigenvalue weighted by atomic mass is 10.0. The minimum Gasteiger partial charge on any atom is -0.457 e. The van der Waals surface area contributed by atoms with Crippen molar-refractivity contribution in [2.75, 3.05) is 16.3 Å². The maximum absolute atomic E-state index is 13.5. The van der Waals surface area contributed by atoms with Gasteiger partial charge in [0, 0.05) is 23.1 Å². The molecule has 1 atom stereocenters. The summed E-state index contributed by atoms with van der Waals surface area (Å²) in [5.41, 5.74) is 0.0698.